The summed E-state index contributed by atoms with van der Waals surface area (Å²) < 4.78 is 16.4. The summed E-state index contributed by atoms with van der Waals surface area (Å²) in [5, 5.41) is 3.61. The Balaban J connectivity index is 1.57. The predicted molar refractivity (Wildman–Crippen MR) is 125 cm³/mol. The van der Waals surface area contributed by atoms with Crippen LogP contribution in [0.15, 0.2) is 75.9 Å². The van der Waals surface area contributed by atoms with Gasteiger partial charge in [0.2, 0.25) is 0 Å². The Morgan fingerprint density at radius 2 is 1.78 bits per heavy atom. The Morgan fingerprint density at radius 1 is 0.969 bits per heavy atom. The zero-order chi connectivity index (χ0) is 22.7. The maximum atomic E-state index is 12.5. The molecular formula is C26H23NO5. The van der Waals surface area contributed by atoms with E-state index in [-0.39, 0.29) is 12.5 Å². The van der Waals surface area contributed by atoms with E-state index in [2.05, 4.69) is 5.32 Å². The van der Waals surface area contributed by atoms with Crippen molar-refractivity contribution in [2.45, 2.75) is 13.8 Å². The van der Waals surface area contributed by atoms with Gasteiger partial charge in [-0.25, -0.2) is 4.79 Å². The molecule has 1 amide bonds. The first-order valence-electron chi connectivity index (χ1n) is 10.2. The first-order valence-corrected chi connectivity index (χ1v) is 10.2. The molecule has 0 saturated heterocycles. The highest BCUT2D eigenvalue weighted by Crippen LogP contribution is 2.30. The van der Waals surface area contributed by atoms with Gasteiger partial charge in [-0.05, 0) is 66.9 Å². The van der Waals surface area contributed by atoms with Gasteiger partial charge in [-0.1, -0.05) is 30.3 Å². The molecule has 0 aliphatic rings. The SMILES string of the molecule is COc1ccc(-c2cc3ccccc3oc2=O)cc1NC(=O)COc1ccc(C)c(C)c1. The highest BCUT2D eigenvalue weighted by Gasteiger charge is 2.13. The van der Waals surface area contributed by atoms with Gasteiger partial charge in [0.15, 0.2) is 6.61 Å². The molecule has 1 heterocycles. The Morgan fingerprint density at radius 3 is 2.56 bits per heavy atom. The monoisotopic (exact) mass is 429 g/mol. The highest BCUT2D eigenvalue weighted by molar-refractivity contribution is 5.94. The van der Waals surface area contributed by atoms with Crippen LogP contribution in [0.25, 0.3) is 22.1 Å². The third-order valence-electron chi connectivity index (χ3n) is 5.27. The Labute approximate surface area is 185 Å². The molecule has 0 fully saturated rings. The van der Waals surface area contributed by atoms with Crippen LogP contribution in [0.4, 0.5) is 5.69 Å². The summed E-state index contributed by atoms with van der Waals surface area (Å²) in [4.78, 5) is 25.1. The van der Waals surface area contributed by atoms with Gasteiger partial charge < -0.3 is 19.2 Å². The van der Waals surface area contributed by atoms with Crippen molar-refractivity contribution in [3.05, 3.63) is 88.3 Å². The number of benzene rings is 3. The first kappa shape index (κ1) is 21.2. The highest BCUT2D eigenvalue weighted by atomic mass is 16.5. The second-order valence-electron chi connectivity index (χ2n) is 7.48. The fourth-order valence-electron chi connectivity index (χ4n) is 3.38. The summed E-state index contributed by atoms with van der Waals surface area (Å²) >= 11 is 0. The molecule has 3 aromatic carbocycles. The number of ether oxygens (including phenoxy) is 2. The van der Waals surface area contributed by atoms with E-state index in [1.54, 1.807) is 30.3 Å². The number of rotatable bonds is 6. The molecule has 0 radical (unpaired) electrons. The topological polar surface area (TPSA) is 77.8 Å². The van der Waals surface area contributed by atoms with Crippen molar-refractivity contribution in [3.8, 4) is 22.6 Å². The van der Waals surface area contributed by atoms with Crippen molar-refractivity contribution >= 4 is 22.6 Å². The first-order chi connectivity index (χ1) is 15.4. The number of hydrogen-bond acceptors (Lipinski definition) is 5. The fourth-order valence-corrected chi connectivity index (χ4v) is 3.38. The molecule has 6 nitrogen and oxygen atoms in total. The molecule has 0 spiro atoms. The van der Waals surface area contributed by atoms with Gasteiger partial charge in [0.25, 0.3) is 5.91 Å². The summed E-state index contributed by atoms with van der Waals surface area (Å²) in [5.41, 5.74) is 3.75. The summed E-state index contributed by atoms with van der Waals surface area (Å²) in [6, 6.07) is 19.9. The van der Waals surface area contributed by atoms with Crippen LogP contribution in [0.1, 0.15) is 11.1 Å². The molecule has 6 heteroatoms. The maximum absolute atomic E-state index is 12.5. The van der Waals surface area contributed by atoms with Crippen LogP contribution in [0.2, 0.25) is 0 Å². The number of amides is 1. The Kier molecular flexibility index (Phi) is 5.94. The van der Waals surface area contributed by atoms with E-state index in [1.165, 1.54) is 7.11 Å². The smallest absolute Gasteiger partial charge is 0.344 e. The quantitative estimate of drug-likeness (QED) is 0.431. The van der Waals surface area contributed by atoms with Gasteiger partial charge in [0.1, 0.15) is 17.1 Å². The molecule has 0 saturated carbocycles. The van der Waals surface area contributed by atoms with Crippen molar-refractivity contribution < 1.29 is 18.7 Å². The summed E-state index contributed by atoms with van der Waals surface area (Å²) in [7, 11) is 1.51. The normalized spacial score (nSPS) is 10.7. The molecule has 0 aliphatic carbocycles. The summed E-state index contributed by atoms with van der Waals surface area (Å²) in [6.45, 7) is 3.84. The predicted octanol–water partition coefficient (Wildman–Crippen LogP) is 5.10. The minimum atomic E-state index is -0.454. The van der Waals surface area contributed by atoms with E-state index in [0.29, 0.717) is 33.9 Å². The van der Waals surface area contributed by atoms with Crippen LogP contribution < -0.4 is 20.4 Å². The van der Waals surface area contributed by atoms with Crippen molar-refractivity contribution in [1.29, 1.82) is 0 Å². The molecule has 1 aromatic heterocycles. The standard InChI is InChI=1S/C26H23NO5/c1-16-8-10-20(12-17(16)2)31-15-25(28)27-22-14-18(9-11-24(22)30-3)21-13-19-6-4-5-7-23(19)32-26(21)29/h4-14H,15H2,1-3H3,(H,27,28). The van der Waals surface area contributed by atoms with Gasteiger partial charge in [-0.15, -0.1) is 0 Å². The molecule has 4 aromatic rings. The van der Waals surface area contributed by atoms with E-state index in [0.717, 1.165) is 16.5 Å². The van der Waals surface area contributed by atoms with E-state index in [9.17, 15) is 9.59 Å². The minimum Gasteiger partial charge on any atom is -0.495 e. The lowest BCUT2D eigenvalue weighted by atomic mass is 10.0. The van der Waals surface area contributed by atoms with Crippen LogP contribution in [0.3, 0.4) is 0 Å². The second-order valence-corrected chi connectivity index (χ2v) is 7.48. The van der Waals surface area contributed by atoms with Crippen molar-refractivity contribution in [2.24, 2.45) is 0 Å². The number of methoxy groups -OCH3 is 1. The number of fused-ring (bicyclic) bond motifs is 1. The van der Waals surface area contributed by atoms with Crippen molar-refractivity contribution in [1.82, 2.24) is 0 Å². The van der Waals surface area contributed by atoms with Gasteiger partial charge in [-0.3, -0.25) is 4.79 Å². The van der Waals surface area contributed by atoms with Gasteiger partial charge in [0.05, 0.1) is 18.4 Å². The average molecular weight is 429 g/mol. The molecule has 32 heavy (non-hydrogen) atoms. The molecule has 0 bridgehead atoms. The second kappa shape index (κ2) is 8.98. The van der Waals surface area contributed by atoms with Crippen molar-refractivity contribution in [3.63, 3.8) is 0 Å². The molecule has 1 N–H and O–H groups in total. The lowest BCUT2D eigenvalue weighted by Crippen LogP contribution is -2.20. The van der Waals surface area contributed by atoms with Gasteiger partial charge >= 0.3 is 5.63 Å². The van der Waals surface area contributed by atoms with E-state index in [1.807, 2.05) is 50.2 Å². The number of nitrogens with one attached hydrogen (secondary N) is 1. The number of hydrogen-bond donors (Lipinski definition) is 1. The number of carbonyl (C=O) groups is 1. The van der Waals surface area contributed by atoms with E-state index < -0.39 is 5.63 Å². The van der Waals surface area contributed by atoms with Crippen LogP contribution in [0.5, 0.6) is 11.5 Å². The van der Waals surface area contributed by atoms with Crippen LogP contribution in [0, 0.1) is 13.8 Å². The van der Waals surface area contributed by atoms with Crippen molar-refractivity contribution in [2.75, 3.05) is 19.0 Å². The Bertz CT molecular complexity index is 1360. The van der Waals surface area contributed by atoms with E-state index in [4.69, 9.17) is 13.9 Å². The summed E-state index contributed by atoms with van der Waals surface area (Å²) in [5.74, 6) is 0.750. The molecular weight excluding hydrogens is 406 g/mol. The van der Waals surface area contributed by atoms with Crippen LogP contribution in [-0.2, 0) is 4.79 Å². The number of anilines is 1. The van der Waals surface area contributed by atoms with Gasteiger partial charge in [0, 0.05) is 5.39 Å². The molecule has 4 rings (SSSR count). The fraction of sp³-hybridized carbons (Fsp3) is 0.154. The number of para-hydroxylation sites is 1. The number of aryl methyl sites for hydroxylation is 2. The average Bonchev–Trinajstić information content (AvgIpc) is 2.79. The minimum absolute atomic E-state index is 0.159. The number of carbonyl (C=O) groups excluding carboxylic acids is 1. The zero-order valence-corrected chi connectivity index (χ0v) is 18.1. The lowest BCUT2D eigenvalue weighted by molar-refractivity contribution is -0.118. The molecule has 162 valence electrons. The van der Waals surface area contributed by atoms with Crippen LogP contribution in [-0.4, -0.2) is 19.6 Å². The summed E-state index contributed by atoms with van der Waals surface area (Å²) in [6.07, 6.45) is 0. The third-order valence-corrected chi connectivity index (χ3v) is 5.27. The lowest BCUT2D eigenvalue weighted by Gasteiger charge is -2.13. The maximum Gasteiger partial charge on any atom is 0.344 e. The third kappa shape index (κ3) is 4.49. The van der Waals surface area contributed by atoms with Gasteiger partial charge in [-0.2, -0.15) is 0 Å². The van der Waals surface area contributed by atoms with Crippen LogP contribution >= 0.6 is 0 Å². The molecule has 0 atom stereocenters. The zero-order valence-electron chi connectivity index (χ0n) is 18.1. The molecule has 0 aliphatic heterocycles. The Hall–Kier alpha value is -4.06. The molecule has 0 unspecified atom stereocenters. The van der Waals surface area contributed by atoms with E-state index >= 15 is 0 Å². The largest absolute Gasteiger partial charge is 0.495 e.